The first kappa shape index (κ1) is 22.7. The van der Waals surface area contributed by atoms with E-state index in [4.69, 9.17) is 4.74 Å². The summed E-state index contributed by atoms with van der Waals surface area (Å²) >= 11 is 1.65. The van der Waals surface area contributed by atoms with E-state index in [1.807, 2.05) is 58.8 Å². The van der Waals surface area contributed by atoms with Crippen molar-refractivity contribution in [1.29, 1.82) is 0 Å². The van der Waals surface area contributed by atoms with E-state index in [1.165, 1.54) is 5.56 Å². The van der Waals surface area contributed by atoms with Crippen LogP contribution in [0.3, 0.4) is 0 Å². The van der Waals surface area contributed by atoms with Gasteiger partial charge in [0.2, 0.25) is 5.91 Å². The Hall–Kier alpha value is -2.96. The molecule has 0 aliphatic carbocycles. The minimum atomic E-state index is -0.169. The molecule has 0 spiro atoms. The summed E-state index contributed by atoms with van der Waals surface area (Å²) in [5.74, 6) is -0.255. The molecule has 0 atom stereocenters. The van der Waals surface area contributed by atoms with E-state index in [2.05, 4.69) is 13.0 Å². The summed E-state index contributed by atoms with van der Waals surface area (Å²) < 4.78 is 5.18. The van der Waals surface area contributed by atoms with Crippen LogP contribution in [0.5, 0.6) is 0 Å². The van der Waals surface area contributed by atoms with E-state index in [0.717, 1.165) is 10.4 Å². The van der Waals surface area contributed by atoms with Crippen LogP contribution in [0.25, 0.3) is 0 Å². The van der Waals surface area contributed by atoms with Crippen molar-refractivity contribution in [2.45, 2.75) is 20.0 Å². The largest absolute Gasteiger partial charge is 0.383 e. The highest BCUT2D eigenvalue weighted by molar-refractivity contribution is 7.10. The van der Waals surface area contributed by atoms with Crippen LogP contribution in [0.15, 0.2) is 72.1 Å². The number of methoxy groups -OCH3 is 1. The first-order chi connectivity index (χ1) is 15.1. The highest BCUT2D eigenvalue weighted by atomic mass is 32.1. The number of hydrogen-bond acceptors (Lipinski definition) is 4. The Kier molecular flexibility index (Phi) is 8.38. The predicted molar refractivity (Wildman–Crippen MR) is 124 cm³/mol. The molecule has 0 bridgehead atoms. The normalized spacial score (nSPS) is 10.6. The third-order valence-electron chi connectivity index (χ3n) is 5.07. The SMILES string of the molecule is COCCN(CC(=O)N(Cc1ccccc1)Cc1sccc1C)C(=O)c1ccccc1. The van der Waals surface area contributed by atoms with E-state index in [-0.39, 0.29) is 18.4 Å². The van der Waals surface area contributed by atoms with E-state index in [9.17, 15) is 9.59 Å². The van der Waals surface area contributed by atoms with Crippen LogP contribution in [0.4, 0.5) is 0 Å². The van der Waals surface area contributed by atoms with Gasteiger partial charge in [-0.15, -0.1) is 11.3 Å². The lowest BCUT2D eigenvalue weighted by atomic mass is 10.2. The van der Waals surface area contributed by atoms with Crippen molar-refractivity contribution >= 4 is 23.2 Å². The number of hydrogen-bond donors (Lipinski definition) is 0. The summed E-state index contributed by atoms with van der Waals surface area (Å²) in [6.45, 7) is 3.81. The van der Waals surface area contributed by atoms with Crippen molar-refractivity contribution in [3.05, 3.63) is 93.7 Å². The number of amides is 2. The van der Waals surface area contributed by atoms with Crippen LogP contribution in [-0.4, -0.2) is 48.4 Å². The number of aryl methyl sites for hydroxylation is 1. The third-order valence-corrected chi connectivity index (χ3v) is 6.08. The maximum Gasteiger partial charge on any atom is 0.254 e. The Morgan fingerprint density at radius 2 is 1.58 bits per heavy atom. The fraction of sp³-hybridized carbons (Fsp3) is 0.280. The zero-order chi connectivity index (χ0) is 22.1. The summed E-state index contributed by atoms with van der Waals surface area (Å²) in [6.07, 6.45) is 0. The lowest BCUT2D eigenvalue weighted by molar-refractivity contribution is -0.133. The van der Waals surface area contributed by atoms with Crippen LogP contribution < -0.4 is 0 Å². The first-order valence-electron chi connectivity index (χ1n) is 10.3. The fourth-order valence-electron chi connectivity index (χ4n) is 3.26. The van der Waals surface area contributed by atoms with Gasteiger partial charge in [-0.05, 0) is 41.6 Å². The van der Waals surface area contributed by atoms with E-state index in [0.29, 0.717) is 31.8 Å². The maximum absolute atomic E-state index is 13.4. The number of carbonyl (C=O) groups excluding carboxylic acids is 2. The molecule has 3 aromatic rings. The van der Waals surface area contributed by atoms with Crippen molar-refractivity contribution < 1.29 is 14.3 Å². The Labute approximate surface area is 187 Å². The molecule has 5 nitrogen and oxygen atoms in total. The standard InChI is InChI=1S/C25H28N2O3S/c1-20-13-16-31-23(20)18-27(17-21-9-5-3-6-10-21)24(28)19-26(14-15-30-2)25(29)22-11-7-4-8-12-22/h3-13,16H,14-15,17-19H2,1-2H3. The molecule has 0 saturated carbocycles. The van der Waals surface area contributed by atoms with Crippen LogP contribution in [0, 0.1) is 6.92 Å². The van der Waals surface area contributed by atoms with Gasteiger partial charge in [0.05, 0.1) is 13.2 Å². The van der Waals surface area contributed by atoms with E-state index >= 15 is 0 Å². The molecule has 0 aliphatic rings. The summed E-state index contributed by atoms with van der Waals surface area (Å²) in [5.41, 5.74) is 2.80. The molecule has 31 heavy (non-hydrogen) atoms. The molecule has 0 radical (unpaired) electrons. The molecule has 3 rings (SSSR count). The number of thiophene rings is 1. The highest BCUT2D eigenvalue weighted by Crippen LogP contribution is 2.20. The minimum Gasteiger partial charge on any atom is -0.383 e. The van der Waals surface area contributed by atoms with Crippen molar-refractivity contribution in [2.24, 2.45) is 0 Å². The second-order valence-electron chi connectivity index (χ2n) is 7.35. The molecule has 1 heterocycles. The number of nitrogens with zero attached hydrogens (tertiary/aromatic N) is 2. The highest BCUT2D eigenvalue weighted by Gasteiger charge is 2.23. The molecular weight excluding hydrogens is 408 g/mol. The van der Waals surface area contributed by atoms with Crippen molar-refractivity contribution in [3.63, 3.8) is 0 Å². The summed E-state index contributed by atoms with van der Waals surface area (Å²) in [7, 11) is 1.59. The average Bonchev–Trinajstić information content (AvgIpc) is 3.21. The van der Waals surface area contributed by atoms with Gasteiger partial charge in [0, 0.05) is 30.6 Å². The molecule has 2 aromatic carbocycles. The third kappa shape index (κ3) is 6.51. The van der Waals surface area contributed by atoms with Gasteiger partial charge in [0.15, 0.2) is 0 Å². The average molecular weight is 437 g/mol. The maximum atomic E-state index is 13.4. The minimum absolute atomic E-state index is 0.00828. The molecule has 1 aromatic heterocycles. The second kappa shape index (κ2) is 11.4. The van der Waals surface area contributed by atoms with E-state index < -0.39 is 0 Å². The van der Waals surface area contributed by atoms with Crippen LogP contribution in [0.1, 0.15) is 26.4 Å². The monoisotopic (exact) mass is 436 g/mol. The van der Waals surface area contributed by atoms with Gasteiger partial charge in [-0.3, -0.25) is 9.59 Å². The number of carbonyl (C=O) groups is 2. The molecular formula is C25H28N2O3S. The molecule has 0 aliphatic heterocycles. The van der Waals surface area contributed by atoms with Crippen molar-refractivity contribution in [1.82, 2.24) is 9.80 Å². The van der Waals surface area contributed by atoms with Crippen molar-refractivity contribution in [2.75, 3.05) is 26.8 Å². The van der Waals surface area contributed by atoms with E-state index in [1.54, 1.807) is 35.5 Å². The molecule has 0 N–H and O–H groups in total. The zero-order valence-electron chi connectivity index (χ0n) is 18.0. The fourth-order valence-corrected chi connectivity index (χ4v) is 4.18. The summed E-state index contributed by atoms with van der Waals surface area (Å²) in [5, 5.41) is 2.04. The molecule has 0 unspecified atom stereocenters. The Morgan fingerprint density at radius 1 is 0.903 bits per heavy atom. The van der Waals surface area contributed by atoms with Gasteiger partial charge in [0.25, 0.3) is 5.91 Å². The zero-order valence-corrected chi connectivity index (χ0v) is 18.8. The summed E-state index contributed by atoms with van der Waals surface area (Å²) in [4.78, 5) is 31.0. The molecule has 0 saturated heterocycles. The van der Waals surface area contributed by atoms with Gasteiger partial charge >= 0.3 is 0 Å². The molecule has 6 heteroatoms. The Morgan fingerprint density at radius 3 is 2.19 bits per heavy atom. The van der Waals surface area contributed by atoms with Crippen molar-refractivity contribution in [3.8, 4) is 0 Å². The number of rotatable bonds is 10. The number of benzene rings is 2. The second-order valence-corrected chi connectivity index (χ2v) is 8.35. The topological polar surface area (TPSA) is 49.9 Å². The molecule has 162 valence electrons. The van der Waals surface area contributed by atoms with Gasteiger partial charge < -0.3 is 14.5 Å². The summed E-state index contributed by atoms with van der Waals surface area (Å²) in [6, 6.07) is 21.0. The smallest absolute Gasteiger partial charge is 0.254 e. The van der Waals surface area contributed by atoms with Crippen LogP contribution in [0.2, 0.25) is 0 Å². The van der Waals surface area contributed by atoms with Crippen LogP contribution in [-0.2, 0) is 22.6 Å². The van der Waals surface area contributed by atoms with Gasteiger partial charge in [-0.25, -0.2) is 0 Å². The predicted octanol–water partition coefficient (Wildman–Crippen LogP) is 4.37. The van der Waals surface area contributed by atoms with Gasteiger partial charge in [-0.2, -0.15) is 0 Å². The molecule has 0 fully saturated rings. The lowest BCUT2D eigenvalue weighted by Gasteiger charge is -2.28. The lowest BCUT2D eigenvalue weighted by Crippen LogP contribution is -2.43. The Balaban J connectivity index is 1.79. The quantitative estimate of drug-likeness (QED) is 0.474. The van der Waals surface area contributed by atoms with Gasteiger partial charge in [0.1, 0.15) is 6.54 Å². The number of ether oxygens (including phenoxy) is 1. The molecule has 2 amide bonds. The Bertz CT molecular complexity index is 973. The first-order valence-corrected chi connectivity index (χ1v) is 11.1. The van der Waals surface area contributed by atoms with Crippen LogP contribution >= 0.6 is 11.3 Å². The van der Waals surface area contributed by atoms with Gasteiger partial charge in [-0.1, -0.05) is 48.5 Å².